The summed E-state index contributed by atoms with van der Waals surface area (Å²) in [6, 6.07) is 14.1. The minimum Gasteiger partial charge on any atom is -0.356 e. The molecule has 4 amide bonds. The second-order valence-corrected chi connectivity index (χ2v) is 10.2. The zero-order valence-electron chi connectivity index (χ0n) is 20.1. The number of imide groups is 1. The topological polar surface area (TPSA) is 85.5 Å². The lowest BCUT2D eigenvalue weighted by molar-refractivity contribution is -0.140. The van der Waals surface area contributed by atoms with Gasteiger partial charge in [-0.1, -0.05) is 55.8 Å². The highest BCUT2D eigenvalue weighted by Gasteiger charge is 2.61. The van der Waals surface area contributed by atoms with Crippen LogP contribution in [0.2, 0.25) is 5.02 Å². The molecule has 0 saturated carbocycles. The highest BCUT2D eigenvalue weighted by atomic mass is 35.5. The molecule has 0 radical (unpaired) electrons. The fourth-order valence-electron chi connectivity index (χ4n) is 5.47. The number of hydrogen-bond donors (Lipinski definition) is 2. The number of carbonyl (C=O) groups is 3. The van der Waals surface area contributed by atoms with Gasteiger partial charge >= 0.3 is 6.03 Å². The number of urea groups is 1. The molecular weight excluding hydrogens is 464 g/mol. The first-order valence-corrected chi connectivity index (χ1v) is 12.4. The Labute approximate surface area is 209 Å². The Morgan fingerprint density at radius 1 is 1.14 bits per heavy atom. The number of amides is 4. The first-order valence-electron chi connectivity index (χ1n) is 12.0. The van der Waals surface area contributed by atoms with E-state index in [0.717, 1.165) is 27.7 Å². The van der Waals surface area contributed by atoms with Gasteiger partial charge in [0, 0.05) is 29.0 Å². The summed E-state index contributed by atoms with van der Waals surface area (Å²) in [4.78, 5) is 47.0. The molecule has 2 atom stereocenters. The van der Waals surface area contributed by atoms with E-state index in [2.05, 4.69) is 10.3 Å². The van der Waals surface area contributed by atoms with Crippen LogP contribution < -0.4 is 5.32 Å². The molecule has 5 rings (SSSR count). The second-order valence-electron chi connectivity index (χ2n) is 9.81. The Hall–Kier alpha value is -3.32. The fourth-order valence-corrected chi connectivity index (χ4v) is 5.59. The van der Waals surface area contributed by atoms with Crippen molar-refractivity contribution in [2.75, 3.05) is 13.1 Å². The number of nitrogens with zero attached hydrogens (tertiary/aromatic N) is 2. The quantitative estimate of drug-likeness (QED) is 0.505. The molecule has 2 aromatic carbocycles. The lowest BCUT2D eigenvalue weighted by Gasteiger charge is -2.36. The normalized spacial score (nSPS) is 20.4. The molecule has 2 N–H and O–H groups in total. The van der Waals surface area contributed by atoms with Crippen molar-refractivity contribution in [2.24, 2.45) is 5.92 Å². The number of halogens is 1. The summed E-state index contributed by atoms with van der Waals surface area (Å²) in [6.45, 7) is 6.33. The number of aromatic amines is 1. The SMILES string of the molecule is CC(C)C(C(=O)NCCc1ccc(Cl)cc1)N1C(=O)N2CCc3c([nH]c4ccccc34)C2(C)C1=O. The first-order chi connectivity index (χ1) is 16.7. The average Bonchev–Trinajstić information content (AvgIpc) is 3.30. The third kappa shape index (κ3) is 3.69. The molecule has 1 aromatic heterocycles. The van der Waals surface area contributed by atoms with Crippen LogP contribution in [0.15, 0.2) is 48.5 Å². The fraction of sp³-hybridized carbons (Fsp3) is 0.370. The van der Waals surface area contributed by atoms with Gasteiger partial charge in [-0.05, 0) is 55.0 Å². The van der Waals surface area contributed by atoms with Crippen LogP contribution in [-0.4, -0.2) is 51.8 Å². The van der Waals surface area contributed by atoms with Crippen LogP contribution in [0, 0.1) is 5.92 Å². The molecular formula is C27H29ClN4O3. The summed E-state index contributed by atoms with van der Waals surface area (Å²) in [6.07, 6.45) is 1.28. The number of carbonyl (C=O) groups excluding carboxylic acids is 3. The molecule has 3 heterocycles. The third-order valence-corrected chi connectivity index (χ3v) is 7.55. The maximum Gasteiger partial charge on any atom is 0.328 e. The lowest BCUT2D eigenvalue weighted by atomic mass is 9.86. The van der Waals surface area contributed by atoms with Crippen molar-refractivity contribution in [2.45, 2.75) is 45.2 Å². The number of H-pyrrole nitrogens is 1. The van der Waals surface area contributed by atoms with E-state index in [4.69, 9.17) is 11.6 Å². The predicted molar refractivity (Wildman–Crippen MR) is 135 cm³/mol. The zero-order chi connectivity index (χ0) is 24.9. The molecule has 0 spiro atoms. The van der Waals surface area contributed by atoms with Crippen molar-refractivity contribution in [1.29, 1.82) is 0 Å². The van der Waals surface area contributed by atoms with Crippen molar-refractivity contribution in [1.82, 2.24) is 20.1 Å². The van der Waals surface area contributed by atoms with Gasteiger partial charge in [-0.15, -0.1) is 0 Å². The Morgan fingerprint density at radius 3 is 2.57 bits per heavy atom. The Balaban J connectivity index is 1.41. The number of aromatic nitrogens is 1. The summed E-state index contributed by atoms with van der Waals surface area (Å²) in [5, 5.41) is 4.67. The number of rotatable bonds is 6. The van der Waals surface area contributed by atoms with Crippen LogP contribution in [0.4, 0.5) is 4.79 Å². The van der Waals surface area contributed by atoms with Crippen molar-refractivity contribution in [3.8, 4) is 0 Å². The summed E-state index contributed by atoms with van der Waals surface area (Å²) in [5.74, 6) is -0.928. The summed E-state index contributed by atoms with van der Waals surface area (Å²) >= 11 is 5.94. The van der Waals surface area contributed by atoms with E-state index < -0.39 is 17.6 Å². The molecule has 0 bridgehead atoms. The molecule has 2 aliphatic rings. The lowest BCUT2D eigenvalue weighted by Crippen LogP contribution is -2.53. The summed E-state index contributed by atoms with van der Waals surface area (Å²) in [7, 11) is 0. The van der Waals surface area contributed by atoms with E-state index in [0.29, 0.717) is 31.0 Å². The first kappa shape index (κ1) is 23.4. The molecule has 7 nitrogen and oxygen atoms in total. The van der Waals surface area contributed by atoms with Crippen molar-refractivity contribution >= 4 is 40.3 Å². The molecule has 8 heteroatoms. The van der Waals surface area contributed by atoms with Crippen LogP contribution >= 0.6 is 11.6 Å². The number of nitrogens with one attached hydrogen (secondary N) is 2. The van der Waals surface area contributed by atoms with Crippen LogP contribution in [0.1, 0.15) is 37.6 Å². The average molecular weight is 493 g/mol. The van der Waals surface area contributed by atoms with E-state index >= 15 is 0 Å². The van der Waals surface area contributed by atoms with Gasteiger partial charge in [0.15, 0.2) is 5.54 Å². The number of hydrogen-bond acceptors (Lipinski definition) is 3. The zero-order valence-corrected chi connectivity index (χ0v) is 20.9. The largest absolute Gasteiger partial charge is 0.356 e. The highest BCUT2D eigenvalue weighted by Crippen LogP contribution is 2.45. The van der Waals surface area contributed by atoms with E-state index in [-0.39, 0.29) is 17.7 Å². The van der Waals surface area contributed by atoms with Gasteiger partial charge in [0.25, 0.3) is 5.91 Å². The molecule has 2 unspecified atom stereocenters. The second kappa shape index (κ2) is 8.72. The van der Waals surface area contributed by atoms with Gasteiger partial charge in [0.2, 0.25) is 5.91 Å². The van der Waals surface area contributed by atoms with Gasteiger partial charge in [-0.2, -0.15) is 0 Å². The van der Waals surface area contributed by atoms with Gasteiger partial charge in [0.1, 0.15) is 6.04 Å². The molecule has 0 aliphatic carbocycles. The molecule has 1 fully saturated rings. The van der Waals surface area contributed by atoms with Crippen molar-refractivity contribution in [3.63, 3.8) is 0 Å². The van der Waals surface area contributed by atoms with Crippen LogP contribution in [0.5, 0.6) is 0 Å². The van der Waals surface area contributed by atoms with Crippen LogP contribution in [0.3, 0.4) is 0 Å². The van der Waals surface area contributed by atoms with E-state index in [1.54, 1.807) is 11.8 Å². The Morgan fingerprint density at radius 2 is 1.86 bits per heavy atom. The molecule has 182 valence electrons. The standard InChI is InChI=1S/C27H29ClN4O3/c1-16(2)22(24(33)29-14-12-17-8-10-18(28)11-9-17)32-25(34)27(3)23-20(13-15-31(27)26(32)35)19-6-4-5-7-21(19)30-23/h4-11,16,22,30H,12-15H2,1-3H3,(H,29,33). The predicted octanol–water partition coefficient (Wildman–Crippen LogP) is 4.24. The molecule has 35 heavy (non-hydrogen) atoms. The van der Waals surface area contributed by atoms with Gasteiger partial charge < -0.3 is 15.2 Å². The molecule has 1 saturated heterocycles. The van der Waals surface area contributed by atoms with E-state index in [1.807, 2.05) is 62.4 Å². The monoisotopic (exact) mass is 492 g/mol. The summed E-state index contributed by atoms with van der Waals surface area (Å²) < 4.78 is 0. The van der Waals surface area contributed by atoms with Crippen LogP contribution in [-0.2, 0) is 28.0 Å². The third-order valence-electron chi connectivity index (χ3n) is 7.30. The maximum absolute atomic E-state index is 13.9. The Kier molecular flexibility index (Phi) is 5.83. The number of benzene rings is 2. The van der Waals surface area contributed by atoms with Gasteiger partial charge in [0.05, 0.1) is 5.69 Å². The minimum atomic E-state index is -1.17. The van der Waals surface area contributed by atoms with Crippen molar-refractivity contribution in [3.05, 3.63) is 70.4 Å². The van der Waals surface area contributed by atoms with Gasteiger partial charge in [-0.3, -0.25) is 9.59 Å². The highest BCUT2D eigenvalue weighted by molar-refractivity contribution is 6.30. The number of para-hydroxylation sites is 1. The van der Waals surface area contributed by atoms with E-state index in [1.165, 1.54) is 4.90 Å². The smallest absolute Gasteiger partial charge is 0.328 e. The van der Waals surface area contributed by atoms with Crippen LogP contribution in [0.25, 0.3) is 10.9 Å². The summed E-state index contributed by atoms with van der Waals surface area (Å²) in [5.41, 5.74) is 2.63. The minimum absolute atomic E-state index is 0.245. The van der Waals surface area contributed by atoms with Gasteiger partial charge in [-0.25, -0.2) is 9.69 Å². The van der Waals surface area contributed by atoms with Crippen molar-refractivity contribution < 1.29 is 14.4 Å². The van der Waals surface area contributed by atoms with E-state index in [9.17, 15) is 14.4 Å². The maximum atomic E-state index is 13.9. The molecule has 3 aromatic rings. The molecule has 2 aliphatic heterocycles. The Bertz CT molecular complexity index is 1320. The number of fused-ring (bicyclic) bond motifs is 5.